The number of pyridine rings is 1. The van der Waals surface area contributed by atoms with Crippen LogP contribution in [0.3, 0.4) is 0 Å². The van der Waals surface area contributed by atoms with Crippen molar-refractivity contribution in [3.8, 4) is 5.88 Å². The summed E-state index contributed by atoms with van der Waals surface area (Å²) in [6, 6.07) is 6.62. The molecule has 2 saturated heterocycles. The molecule has 3 aromatic rings. The van der Waals surface area contributed by atoms with Crippen molar-refractivity contribution in [1.29, 1.82) is 0 Å². The number of piperidine rings is 1. The Bertz CT molecular complexity index is 1340. The van der Waals surface area contributed by atoms with Crippen LogP contribution in [-0.2, 0) is 6.18 Å². The Labute approximate surface area is 241 Å². The number of amides is 1. The molecule has 3 fully saturated rings. The van der Waals surface area contributed by atoms with E-state index in [-0.39, 0.29) is 29.6 Å². The van der Waals surface area contributed by atoms with E-state index in [4.69, 9.17) is 4.74 Å². The lowest BCUT2D eigenvalue weighted by Gasteiger charge is -2.37. The van der Waals surface area contributed by atoms with Gasteiger partial charge in [-0.15, -0.1) is 15.3 Å². The summed E-state index contributed by atoms with van der Waals surface area (Å²) in [5, 5.41) is 17.2. The number of rotatable bonds is 7. The van der Waals surface area contributed by atoms with Gasteiger partial charge in [-0.1, -0.05) is 0 Å². The molecule has 226 valence electrons. The van der Waals surface area contributed by atoms with E-state index in [0.717, 1.165) is 51.0 Å². The number of anilines is 1. The fraction of sp³-hybridized carbons (Fsp3) is 0.607. The third-order valence-corrected chi connectivity index (χ3v) is 8.47. The molecular weight excluding hydrogens is 551 g/mol. The predicted molar refractivity (Wildman–Crippen MR) is 148 cm³/mol. The molecule has 6 rings (SSSR count). The number of halogens is 3. The molecule has 0 aromatic carbocycles. The number of piperazine rings is 1. The van der Waals surface area contributed by atoms with E-state index in [0.29, 0.717) is 35.8 Å². The zero-order chi connectivity index (χ0) is 29.1. The average Bonchev–Trinajstić information content (AvgIpc) is 3.43. The Morgan fingerprint density at radius 3 is 2.43 bits per heavy atom. The van der Waals surface area contributed by atoms with E-state index in [9.17, 15) is 18.0 Å². The van der Waals surface area contributed by atoms with Crippen molar-refractivity contribution in [2.24, 2.45) is 5.92 Å². The molecular formula is C28H36F3N9O2. The molecule has 2 aliphatic heterocycles. The summed E-state index contributed by atoms with van der Waals surface area (Å²) in [6.45, 7) is 7.35. The maximum atomic E-state index is 13.1. The Kier molecular flexibility index (Phi) is 8.43. The molecule has 0 bridgehead atoms. The van der Waals surface area contributed by atoms with Crippen LogP contribution in [0.25, 0.3) is 5.65 Å². The quantitative estimate of drug-likeness (QED) is 0.431. The molecule has 0 unspecified atom stereocenters. The smallest absolute Gasteiger partial charge is 0.453 e. The first-order valence-electron chi connectivity index (χ1n) is 14.7. The number of fused-ring (bicyclic) bond motifs is 1. The lowest BCUT2D eigenvalue weighted by atomic mass is 9.92. The van der Waals surface area contributed by atoms with Gasteiger partial charge in [-0.25, -0.2) is 4.98 Å². The minimum Gasteiger partial charge on any atom is -0.473 e. The first-order chi connectivity index (χ1) is 20.3. The van der Waals surface area contributed by atoms with E-state index >= 15 is 0 Å². The highest BCUT2D eigenvalue weighted by atomic mass is 19.4. The van der Waals surface area contributed by atoms with Crippen LogP contribution in [0.5, 0.6) is 5.88 Å². The van der Waals surface area contributed by atoms with Crippen molar-refractivity contribution in [2.75, 3.05) is 50.7 Å². The van der Waals surface area contributed by atoms with E-state index in [2.05, 4.69) is 40.7 Å². The second-order valence-electron chi connectivity index (χ2n) is 11.4. The summed E-state index contributed by atoms with van der Waals surface area (Å²) in [5.41, 5.74) is 0.516. The highest BCUT2D eigenvalue weighted by Crippen LogP contribution is 2.29. The molecule has 42 heavy (non-hydrogen) atoms. The van der Waals surface area contributed by atoms with Crippen molar-refractivity contribution in [3.05, 3.63) is 41.9 Å². The van der Waals surface area contributed by atoms with Gasteiger partial charge in [0, 0.05) is 51.0 Å². The Morgan fingerprint density at radius 1 is 0.976 bits per heavy atom. The number of ether oxygens (including phenoxy) is 1. The second-order valence-corrected chi connectivity index (χ2v) is 11.4. The van der Waals surface area contributed by atoms with Crippen LogP contribution in [0.2, 0.25) is 0 Å². The lowest BCUT2D eigenvalue weighted by molar-refractivity contribution is -0.146. The number of alkyl halides is 3. The molecule has 0 atom stereocenters. The van der Waals surface area contributed by atoms with Crippen molar-refractivity contribution in [3.63, 3.8) is 0 Å². The monoisotopic (exact) mass is 587 g/mol. The number of hydrogen-bond donors (Lipinski definition) is 2. The molecule has 3 aliphatic rings. The van der Waals surface area contributed by atoms with Gasteiger partial charge in [0.2, 0.25) is 5.88 Å². The first kappa shape index (κ1) is 28.6. The molecule has 3 aromatic heterocycles. The van der Waals surface area contributed by atoms with E-state index in [1.165, 1.54) is 31.5 Å². The lowest BCUT2D eigenvalue weighted by Crippen LogP contribution is -2.48. The molecule has 0 spiro atoms. The number of nitrogens with one attached hydrogen (secondary N) is 2. The molecule has 1 saturated carbocycles. The van der Waals surface area contributed by atoms with Gasteiger partial charge < -0.3 is 20.3 Å². The summed E-state index contributed by atoms with van der Waals surface area (Å²) >= 11 is 0. The number of carbonyl (C=O) groups is 1. The molecule has 14 heteroatoms. The van der Waals surface area contributed by atoms with Gasteiger partial charge in [0.1, 0.15) is 11.9 Å². The van der Waals surface area contributed by atoms with Gasteiger partial charge in [0.25, 0.3) is 11.7 Å². The number of nitrogens with zero attached hydrogens (tertiary/aromatic N) is 7. The summed E-state index contributed by atoms with van der Waals surface area (Å²) in [6.07, 6.45) is 1.93. The number of hydrogen-bond acceptors (Lipinski definition) is 9. The van der Waals surface area contributed by atoms with Crippen molar-refractivity contribution in [2.45, 2.75) is 56.8 Å². The average molecular weight is 588 g/mol. The van der Waals surface area contributed by atoms with Gasteiger partial charge in [-0.05, 0) is 75.7 Å². The largest absolute Gasteiger partial charge is 0.473 e. The fourth-order valence-electron chi connectivity index (χ4n) is 6.07. The normalized spacial score (nSPS) is 22.8. The Hall–Kier alpha value is -3.52. The SMILES string of the molecule is O=C(NC1CCC(Oc2ccc3nnc(C(F)(F)F)n3n2)CC1)c1ccc(N2CCN(CC3CCNCC3)CC2)nc1. The van der Waals surface area contributed by atoms with Crippen LogP contribution in [0.1, 0.15) is 54.7 Å². The summed E-state index contributed by atoms with van der Waals surface area (Å²) < 4.78 is 46.0. The zero-order valence-corrected chi connectivity index (χ0v) is 23.4. The van der Waals surface area contributed by atoms with Gasteiger partial charge >= 0.3 is 6.18 Å². The number of aromatic nitrogens is 5. The third kappa shape index (κ3) is 6.75. The highest BCUT2D eigenvalue weighted by Gasteiger charge is 2.38. The van der Waals surface area contributed by atoms with Crippen molar-refractivity contribution in [1.82, 2.24) is 40.3 Å². The fourth-order valence-corrected chi connectivity index (χ4v) is 6.07. The minimum atomic E-state index is -4.67. The zero-order valence-electron chi connectivity index (χ0n) is 23.4. The molecule has 5 heterocycles. The molecule has 11 nitrogen and oxygen atoms in total. The predicted octanol–water partition coefficient (Wildman–Crippen LogP) is 2.78. The van der Waals surface area contributed by atoms with E-state index in [1.54, 1.807) is 6.20 Å². The summed E-state index contributed by atoms with van der Waals surface area (Å²) in [4.78, 5) is 22.3. The van der Waals surface area contributed by atoms with Crippen LogP contribution in [-0.4, -0.2) is 93.6 Å². The van der Waals surface area contributed by atoms with Gasteiger partial charge in [-0.2, -0.15) is 17.7 Å². The van der Waals surface area contributed by atoms with Crippen LogP contribution >= 0.6 is 0 Å². The number of carbonyl (C=O) groups excluding carboxylic acids is 1. The Morgan fingerprint density at radius 2 is 1.74 bits per heavy atom. The van der Waals surface area contributed by atoms with E-state index < -0.39 is 12.0 Å². The molecule has 2 N–H and O–H groups in total. The van der Waals surface area contributed by atoms with E-state index in [1.807, 2.05) is 12.1 Å². The maximum Gasteiger partial charge on any atom is 0.453 e. The minimum absolute atomic E-state index is 0.00539. The van der Waals surface area contributed by atoms with Crippen LogP contribution in [0, 0.1) is 5.92 Å². The second kappa shape index (κ2) is 12.4. The third-order valence-electron chi connectivity index (χ3n) is 8.47. The molecule has 0 radical (unpaired) electrons. The van der Waals surface area contributed by atoms with Gasteiger partial charge in [0.15, 0.2) is 5.65 Å². The van der Waals surface area contributed by atoms with Crippen molar-refractivity contribution >= 4 is 17.4 Å². The highest BCUT2D eigenvalue weighted by molar-refractivity contribution is 5.94. The topological polar surface area (TPSA) is 113 Å². The summed E-state index contributed by atoms with van der Waals surface area (Å²) in [7, 11) is 0. The van der Waals surface area contributed by atoms with Crippen molar-refractivity contribution < 1.29 is 22.7 Å². The molecule has 1 amide bonds. The molecule has 1 aliphatic carbocycles. The standard InChI is InChI=1S/C28H36F3N9O2/c29-28(30,31)27-36-35-24-7-8-25(37-40(24)27)42-22-4-2-21(3-5-22)34-26(41)20-1-6-23(33-17-20)39-15-13-38(14-16-39)18-19-9-11-32-12-10-19/h1,6-8,17,19,21-22,32H,2-5,9-16,18H2,(H,34,41). The first-order valence-corrected chi connectivity index (χ1v) is 14.7. The van der Waals surface area contributed by atoms with Gasteiger partial charge in [-0.3, -0.25) is 9.69 Å². The van der Waals surface area contributed by atoms with Crippen LogP contribution in [0.4, 0.5) is 19.0 Å². The van der Waals surface area contributed by atoms with Gasteiger partial charge in [0.05, 0.1) is 5.56 Å². The van der Waals surface area contributed by atoms with Crippen LogP contribution in [0.15, 0.2) is 30.5 Å². The maximum absolute atomic E-state index is 13.1. The summed E-state index contributed by atoms with van der Waals surface area (Å²) in [5.74, 6) is 0.409. The Balaban J connectivity index is 0.948. The van der Waals surface area contributed by atoms with Crippen LogP contribution < -0.4 is 20.3 Å².